The Kier molecular flexibility index (Phi) is 7.22. The van der Waals surface area contributed by atoms with Gasteiger partial charge < -0.3 is 15.5 Å². The molecule has 0 atom stereocenters. The van der Waals surface area contributed by atoms with E-state index in [1.54, 1.807) is 17.0 Å². The molecular formula is C24H29N3O3. The highest BCUT2D eigenvalue weighted by Crippen LogP contribution is 2.19. The van der Waals surface area contributed by atoms with Crippen LogP contribution in [0.2, 0.25) is 0 Å². The lowest BCUT2D eigenvalue weighted by Gasteiger charge is -2.31. The van der Waals surface area contributed by atoms with Gasteiger partial charge in [-0.3, -0.25) is 14.4 Å². The van der Waals surface area contributed by atoms with Gasteiger partial charge >= 0.3 is 0 Å². The first kappa shape index (κ1) is 21.6. The van der Waals surface area contributed by atoms with Crippen molar-refractivity contribution in [1.29, 1.82) is 0 Å². The monoisotopic (exact) mass is 407 g/mol. The maximum absolute atomic E-state index is 12.4. The first-order valence-corrected chi connectivity index (χ1v) is 10.5. The van der Waals surface area contributed by atoms with E-state index in [0.29, 0.717) is 31.5 Å². The van der Waals surface area contributed by atoms with E-state index in [0.717, 1.165) is 11.1 Å². The number of hydrogen-bond donors (Lipinski definition) is 2. The van der Waals surface area contributed by atoms with Crippen LogP contribution >= 0.6 is 0 Å². The van der Waals surface area contributed by atoms with Gasteiger partial charge in [0.2, 0.25) is 11.8 Å². The summed E-state index contributed by atoms with van der Waals surface area (Å²) in [6.45, 7) is 4.92. The third-order valence-electron chi connectivity index (χ3n) is 5.30. The predicted octanol–water partition coefficient (Wildman–Crippen LogP) is 2.85. The summed E-state index contributed by atoms with van der Waals surface area (Å²) in [6, 6.07) is 17.4. The van der Waals surface area contributed by atoms with Crippen molar-refractivity contribution in [1.82, 2.24) is 15.5 Å². The van der Waals surface area contributed by atoms with Gasteiger partial charge in [-0.1, -0.05) is 42.5 Å². The number of carbonyl (C=O) groups is 3. The lowest BCUT2D eigenvalue weighted by atomic mass is 9.95. The quantitative estimate of drug-likeness (QED) is 0.773. The second-order valence-corrected chi connectivity index (χ2v) is 7.94. The summed E-state index contributed by atoms with van der Waals surface area (Å²) < 4.78 is 0. The van der Waals surface area contributed by atoms with Gasteiger partial charge in [-0.15, -0.1) is 0 Å². The number of piperidine rings is 1. The van der Waals surface area contributed by atoms with E-state index in [4.69, 9.17) is 0 Å². The molecule has 158 valence electrons. The molecule has 2 aromatic rings. The minimum absolute atomic E-state index is 0.0396. The van der Waals surface area contributed by atoms with Gasteiger partial charge in [-0.05, 0) is 49.9 Å². The average molecular weight is 408 g/mol. The van der Waals surface area contributed by atoms with Gasteiger partial charge in [0.25, 0.3) is 5.91 Å². The number of benzene rings is 2. The second-order valence-electron chi connectivity index (χ2n) is 7.94. The molecule has 0 unspecified atom stereocenters. The van der Waals surface area contributed by atoms with Crippen LogP contribution in [0.25, 0.3) is 11.1 Å². The van der Waals surface area contributed by atoms with Crippen LogP contribution in [0.5, 0.6) is 0 Å². The zero-order chi connectivity index (χ0) is 21.5. The Morgan fingerprint density at radius 2 is 1.53 bits per heavy atom. The Hall–Kier alpha value is -3.15. The number of rotatable bonds is 6. The smallest absolute Gasteiger partial charge is 0.251 e. The molecule has 1 fully saturated rings. The third-order valence-corrected chi connectivity index (χ3v) is 5.30. The number of carbonyl (C=O) groups excluding carboxylic acids is 3. The Morgan fingerprint density at radius 1 is 0.933 bits per heavy atom. The van der Waals surface area contributed by atoms with Gasteiger partial charge in [0.05, 0.1) is 6.54 Å². The van der Waals surface area contributed by atoms with E-state index in [1.807, 2.05) is 56.3 Å². The Labute approximate surface area is 177 Å². The number of hydrogen-bond acceptors (Lipinski definition) is 3. The molecule has 3 rings (SSSR count). The molecule has 1 heterocycles. The molecular weight excluding hydrogens is 378 g/mol. The van der Waals surface area contributed by atoms with Crippen molar-refractivity contribution in [2.45, 2.75) is 32.7 Å². The molecule has 0 spiro atoms. The van der Waals surface area contributed by atoms with Crippen molar-refractivity contribution in [2.75, 3.05) is 19.6 Å². The zero-order valence-corrected chi connectivity index (χ0v) is 17.6. The topological polar surface area (TPSA) is 78.5 Å². The Morgan fingerprint density at radius 3 is 2.13 bits per heavy atom. The molecule has 0 aromatic heterocycles. The SMILES string of the molecule is CC(C)NC(=O)C1CCN(C(=O)CNC(=O)c2ccc(-c3ccccc3)cc2)CC1. The third kappa shape index (κ3) is 5.69. The van der Waals surface area contributed by atoms with Crippen LogP contribution in [-0.2, 0) is 9.59 Å². The van der Waals surface area contributed by atoms with Crippen LogP contribution in [-0.4, -0.2) is 48.3 Å². The molecule has 30 heavy (non-hydrogen) atoms. The predicted molar refractivity (Wildman–Crippen MR) is 117 cm³/mol. The van der Waals surface area contributed by atoms with Gasteiger partial charge in [-0.25, -0.2) is 0 Å². The fourth-order valence-electron chi connectivity index (χ4n) is 3.61. The molecule has 6 nitrogen and oxygen atoms in total. The Balaban J connectivity index is 1.46. The largest absolute Gasteiger partial charge is 0.354 e. The van der Waals surface area contributed by atoms with E-state index in [2.05, 4.69) is 10.6 Å². The van der Waals surface area contributed by atoms with Gasteiger partial charge in [0, 0.05) is 30.6 Å². The summed E-state index contributed by atoms with van der Waals surface area (Å²) in [7, 11) is 0. The summed E-state index contributed by atoms with van der Waals surface area (Å²) in [5, 5.41) is 5.64. The molecule has 2 aromatic carbocycles. The van der Waals surface area contributed by atoms with Gasteiger partial charge in [0.1, 0.15) is 0 Å². The molecule has 6 heteroatoms. The van der Waals surface area contributed by atoms with Crippen molar-refractivity contribution in [3.05, 3.63) is 60.2 Å². The van der Waals surface area contributed by atoms with Crippen molar-refractivity contribution < 1.29 is 14.4 Å². The molecule has 0 radical (unpaired) electrons. The van der Waals surface area contributed by atoms with Crippen molar-refractivity contribution in [2.24, 2.45) is 5.92 Å². The molecule has 0 bridgehead atoms. The first-order chi connectivity index (χ1) is 14.4. The lowest BCUT2D eigenvalue weighted by molar-refractivity contribution is -0.135. The minimum atomic E-state index is -0.269. The number of nitrogens with zero attached hydrogens (tertiary/aromatic N) is 1. The van der Waals surface area contributed by atoms with Crippen LogP contribution in [0.4, 0.5) is 0 Å². The number of nitrogens with one attached hydrogen (secondary N) is 2. The molecule has 2 N–H and O–H groups in total. The van der Waals surface area contributed by atoms with Crippen molar-refractivity contribution in [3.8, 4) is 11.1 Å². The number of amides is 3. The summed E-state index contributed by atoms with van der Waals surface area (Å²) in [4.78, 5) is 38.6. The molecule has 0 saturated carbocycles. The highest BCUT2D eigenvalue weighted by molar-refractivity contribution is 5.96. The van der Waals surface area contributed by atoms with Crippen LogP contribution in [0.1, 0.15) is 37.0 Å². The van der Waals surface area contributed by atoms with Gasteiger partial charge in [-0.2, -0.15) is 0 Å². The van der Waals surface area contributed by atoms with Crippen LogP contribution < -0.4 is 10.6 Å². The molecule has 1 aliphatic rings. The van der Waals surface area contributed by atoms with E-state index in [1.165, 1.54) is 0 Å². The number of likely N-dealkylation sites (tertiary alicyclic amines) is 1. The average Bonchev–Trinajstić information content (AvgIpc) is 2.77. The van der Waals surface area contributed by atoms with Crippen molar-refractivity contribution in [3.63, 3.8) is 0 Å². The van der Waals surface area contributed by atoms with E-state index in [-0.39, 0.29) is 36.2 Å². The Bertz CT molecular complexity index is 870. The first-order valence-electron chi connectivity index (χ1n) is 10.5. The zero-order valence-electron chi connectivity index (χ0n) is 17.6. The van der Waals surface area contributed by atoms with Crippen LogP contribution in [0.15, 0.2) is 54.6 Å². The lowest BCUT2D eigenvalue weighted by Crippen LogP contribution is -2.47. The molecule has 1 saturated heterocycles. The summed E-state index contributed by atoms with van der Waals surface area (Å²) >= 11 is 0. The van der Waals surface area contributed by atoms with Gasteiger partial charge in [0.15, 0.2) is 0 Å². The standard InChI is InChI=1S/C24H29N3O3/c1-17(2)26-24(30)21-12-14-27(15-13-21)22(28)16-25-23(29)20-10-8-19(9-11-20)18-6-4-3-5-7-18/h3-11,17,21H,12-16H2,1-2H3,(H,25,29)(H,26,30). The maximum Gasteiger partial charge on any atom is 0.251 e. The fraction of sp³-hybridized carbons (Fsp3) is 0.375. The van der Waals surface area contributed by atoms with E-state index >= 15 is 0 Å². The highest BCUT2D eigenvalue weighted by atomic mass is 16.2. The second kappa shape index (κ2) is 10.1. The molecule has 1 aliphatic heterocycles. The maximum atomic E-state index is 12.4. The van der Waals surface area contributed by atoms with Crippen molar-refractivity contribution >= 4 is 17.7 Å². The molecule has 0 aliphatic carbocycles. The summed E-state index contributed by atoms with van der Waals surface area (Å²) in [5.74, 6) is -0.375. The fourth-order valence-corrected chi connectivity index (χ4v) is 3.61. The summed E-state index contributed by atoms with van der Waals surface area (Å²) in [6.07, 6.45) is 1.30. The summed E-state index contributed by atoms with van der Waals surface area (Å²) in [5.41, 5.74) is 2.64. The minimum Gasteiger partial charge on any atom is -0.354 e. The van der Waals surface area contributed by atoms with E-state index in [9.17, 15) is 14.4 Å². The van der Waals surface area contributed by atoms with Crippen LogP contribution in [0.3, 0.4) is 0 Å². The highest BCUT2D eigenvalue weighted by Gasteiger charge is 2.27. The van der Waals surface area contributed by atoms with E-state index < -0.39 is 0 Å². The van der Waals surface area contributed by atoms with Crippen LogP contribution in [0, 0.1) is 5.92 Å². The molecule has 3 amide bonds. The normalized spacial score (nSPS) is 14.4.